The molecule has 1 rings (SSSR count). The van der Waals surface area contributed by atoms with Crippen molar-refractivity contribution in [1.82, 2.24) is 5.32 Å². The van der Waals surface area contributed by atoms with Gasteiger partial charge in [-0.3, -0.25) is 0 Å². The maximum atomic E-state index is 14.2. The average Bonchev–Trinajstić information content (AvgIpc) is 2.35. The number of rotatable bonds is 6. The van der Waals surface area contributed by atoms with Gasteiger partial charge in [0, 0.05) is 12.1 Å². The fraction of sp³-hybridized carbons (Fsp3) is 0.600. The second-order valence-corrected chi connectivity index (χ2v) is 5.29. The van der Waals surface area contributed by atoms with Gasteiger partial charge in [-0.25, -0.2) is 4.39 Å². The van der Waals surface area contributed by atoms with E-state index < -0.39 is 24.6 Å². The second-order valence-electron chi connectivity index (χ2n) is 5.29. The van der Waals surface area contributed by atoms with Crippen LogP contribution in [-0.2, 0) is 0 Å². The quantitative estimate of drug-likeness (QED) is 0.789. The largest absolute Gasteiger partial charge is 0.405 e. The van der Waals surface area contributed by atoms with Crippen LogP contribution in [0.1, 0.15) is 39.3 Å². The van der Waals surface area contributed by atoms with Crippen LogP contribution in [0.4, 0.5) is 23.2 Å². The monoisotopic (exact) mass is 306 g/mol. The van der Waals surface area contributed by atoms with E-state index in [-0.39, 0.29) is 11.7 Å². The molecular formula is C15H22F4N2. The summed E-state index contributed by atoms with van der Waals surface area (Å²) in [4.78, 5) is 1.07. The molecule has 0 fully saturated rings. The zero-order valence-corrected chi connectivity index (χ0v) is 12.8. The highest BCUT2D eigenvalue weighted by Crippen LogP contribution is 2.33. The highest BCUT2D eigenvalue weighted by Gasteiger charge is 2.34. The topological polar surface area (TPSA) is 15.3 Å². The molecule has 1 atom stereocenters. The summed E-state index contributed by atoms with van der Waals surface area (Å²) < 4.78 is 52.6. The maximum absolute atomic E-state index is 14.2. The molecule has 0 radical (unpaired) electrons. The molecule has 1 aromatic carbocycles. The summed E-state index contributed by atoms with van der Waals surface area (Å²) >= 11 is 0. The van der Waals surface area contributed by atoms with Gasteiger partial charge in [0.2, 0.25) is 0 Å². The van der Waals surface area contributed by atoms with Gasteiger partial charge in [-0.05, 0) is 38.9 Å². The molecule has 0 aliphatic rings. The fourth-order valence-corrected chi connectivity index (χ4v) is 2.31. The van der Waals surface area contributed by atoms with Crippen molar-refractivity contribution in [3.8, 4) is 0 Å². The molecule has 0 aliphatic carbocycles. The van der Waals surface area contributed by atoms with Crippen molar-refractivity contribution < 1.29 is 17.6 Å². The molecule has 0 saturated heterocycles. The molecule has 1 unspecified atom stereocenters. The Morgan fingerprint density at radius 3 is 2.29 bits per heavy atom. The first-order chi connectivity index (χ1) is 9.67. The number of nitrogens with zero attached hydrogens (tertiary/aromatic N) is 1. The summed E-state index contributed by atoms with van der Waals surface area (Å²) in [6.07, 6.45) is -4.38. The number of hydrogen-bond donors (Lipinski definition) is 1. The first-order valence-electron chi connectivity index (χ1n) is 7.02. The first-order valence-corrected chi connectivity index (χ1v) is 7.02. The molecule has 0 bridgehead atoms. The number of benzene rings is 1. The summed E-state index contributed by atoms with van der Waals surface area (Å²) in [6.45, 7) is 6.44. The summed E-state index contributed by atoms with van der Waals surface area (Å²) in [5.41, 5.74) is 0.563. The van der Waals surface area contributed by atoms with Crippen molar-refractivity contribution in [3.63, 3.8) is 0 Å². The summed E-state index contributed by atoms with van der Waals surface area (Å²) in [5, 5.41) is 3.11. The Hall–Kier alpha value is -1.30. The molecule has 21 heavy (non-hydrogen) atoms. The average molecular weight is 306 g/mol. The summed E-state index contributed by atoms with van der Waals surface area (Å²) in [5.74, 6) is -0.629. The van der Waals surface area contributed by atoms with Crippen LogP contribution in [-0.4, -0.2) is 25.3 Å². The van der Waals surface area contributed by atoms with Gasteiger partial charge in [0.15, 0.2) is 0 Å². The van der Waals surface area contributed by atoms with Crippen molar-refractivity contribution in [2.75, 3.05) is 18.0 Å². The third-order valence-electron chi connectivity index (χ3n) is 3.26. The van der Waals surface area contributed by atoms with E-state index in [0.717, 1.165) is 4.90 Å². The number of nitrogens with one attached hydrogen (secondary N) is 1. The third-order valence-corrected chi connectivity index (χ3v) is 3.26. The lowest BCUT2D eigenvalue weighted by atomic mass is 10.0. The molecule has 0 amide bonds. The van der Waals surface area contributed by atoms with Gasteiger partial charge in [0.25, 0.3) is 0 Å². The van der Waals surface area contributed by atoms with E-state index in [1.807, 2.05) is 13.8 Å². The molecule has 2 nitrogen and oxygen atoms in total. The van der Waals surface area contributed by atoms with E-state index in [1.54, 1.807) is 19.9 Å². The molecule has 0 aliphatic heterocycles. The number of alkyl halides is 3. The summed E-state index contributed by atoms with van der Waals surface area (Å²) in [6, 6.07) is 3.70. The van der Waals surface area contributed by atoms with E-state index in [4.69, 9.17) is 0 Å². The van der Waals surface area contributed by atoms with Crippen molar-refractivity contribution in [2.24, 2.45) is 0 Å². The zero-order valence-electron chi connectivity index (χ0n) is 12.8. The van der Waals surface area contributed by atoms with E-state index in [0.29, 0.717) is 12.1 Å². The zero-order chi connectivity index (χ0) is 16.2. The Morgan fingerprint density at radius 2 is 1.81 bits per heavy atom. The Morgan fingerprint density at radius 1 is 1.19 bits per heavy atom. The molecule has 120 valence electrons. The van der Waals surface area contributed by atoms with Crippen LogP contribution in [0, 0.1) is 5.82 Å². The van der Waals surface area contributed by atoms with Crippen LogP contribution in [0.15, 0.2) is 18.2 Å². The normalized spacial score (nSPS) is 13.6. The van der Waals surface area contributed by atoms with Gasteiger partial charge < -0.3 is 10.2 Å². The predicted molar refractivity (Wildman–Crippen MR) is 77.0 cm³/mol. The molecular weight excluding hydrogens is 284 g/mol. The Kier molecular flexibility index (Phi) is 6.01. The molecule has 0 heterocycles. The molecule has 6 heteroatoms. The lowest BCUT2D eigenvalue weighted by Crippen LogP contribution is -2.40. The van der Waals surface area contributed by atoms with E-state index in [1.165, 1.54) is 12.1 Å². The van der Waals surface area contributed by atoms with Crippen LogP contribution < -0.4 is 10.2 Å². The Labute approximate surface area is 123 Å². The van der Waals surface area contributed by atoms with Crippen LogP contribution >= 0.6 is 0 Å². The predicted octanol–water partition coefficient (Wildman–Crippen LogP) is 4.27. The highest BCUT2D eigenvalue weighted by atomic mass is 19.4. The molecule has 0 spiro atoms. The molecule has 0 aromatic heterocycles. The van der Waals surface area contributed by atoms with E-state index >= 15 is 0 Å². The lowest BCUT2D eigenvalue weighted by Gasteiger charge is -2.33. The molecule has 1 aromatic rings. The van der Waals surface area contributed by atoms with Crippen LogP contribution in [0.3, 0.4) is 0 Å². The first kappa shape index (κ1) is 17.8. The van der Waals surface area contributed by atoms with Gasteiger partial charge in [-0.1, -0.05) is 19.1 Å². The number of para-hydroxylation sites is 1. The number of hydrogen-bond acceptors (Lipinski definition) is 2. The Balaban J connectivity index is 3.29. The van der Waals surface area contributed by atoms with Gasteiger partial charge in [0.05, 0.1) is 5.69 Å². The lowest BCUT2D eigenvalue weighted by molar-refractivity contribution is -0.120. The third kappa shape index (κ3) is 4.88. The minimum Gasteiger partial charge on any atom is -0.357 e. The smallest absolute Gasteiger partial charge is 0.357 e. The van der Waals surface area contributed by atoms with Gasteiger partial charge in [-0.2, -0.15) is 13.2 Å². The summed E-state index contributed by atoms with van der Waals surface area (Å²) in [7, 11) is 0. The van der Waals surface area contributed by atoms with Crippen LogP contribution in [0.5, 0.6) is 0 Å². The second kappa shape index (κ2) is 7.11. The number of halogens is 4. The van der Waals surface area contributed by atoms with Gasteiger partial charge in [0.1, 0.15) is 12.4 Å². The standard InChI is InChI=1S/C15H22F4N2/c1-5-20-11(4)12-7-6-8-13(16)14(12)21(10(2)3)9-15(17,18)19/h6-8,10-11,20H,5,9H2,1-4H3. The highest BCUT2D eigenvalue weighted by molar-refractivity contribution is 5.57. The fourth-order valence-electron chi connectivity index (χ4n) is 2.31. The van der Waals surface area contributed by atoms with Gasteiger partial charge in [-0.15, -0.1) is 0 Å². The Bertz CT molecular complexity index is 457. The van der Waals surface area contributed by atoms with Crippen molar-refractivity contribution >= 4 is 5.69 Å². The van der Waals surface area contributed by atoms with Crippen molar-refractivity contribution in [1.29, 1.82) is 0 Å². The van der Waals surface area contributed by atoms with Crippen molar-refractivity contribution in [3.05, 3.63) is 29.6 Å². The molecule has 0 saturated carbocycles. The number of anilines is 1. The maximum Gasteiger partial charge on any atom is 0.405 e. The minimum absolute atomic E-state index is 0.0262. The van der Waals surface area contributed by atoms with Crippen molar-refractivity contribution in [2.45, 2.75) is 46.0 Å². The molecule has 1 N–H and O–H groups in total. The van der Waals surface area contributed by atoms with E-state index in [2.05, 4.69) is 5.32 Å². The minimum atomic E-state index is -4.38. The SMILES string of the molecule is CCNC(C)c1cccc(F)c1N(CC(F)(F)F)C(C)C. The van der Waals surface area contributed by atoms with E-state index in [9.17, 15) is 17.6 Å². The van der Waals surface area contributed by atoms with Gasteiger partial charge >= 0.3 is 6.18 Å². The van der Waals surface area contributed by atoms with Crippen LogP contribution in [0.25, 0.3) is 0 Å². The van der Waals surface area contributed by atoms with Crippen LogP contribution in [0.2, 0.25) is 0 Å².